The van der Waals surface area contributed by atoms with Crippen molar-refractivity contribution in [3.8, 4) is 0 Å². The topological polar surface area (TPSA) is 41.6 Å². The molecule has 13 heavy (non-hydrogen) atoms. The number of aryl methyl sites for hydroxylation is 1. The van der Waals surface area contributed by atoms with E-state index in [4.69, 9.17) is 12.2 Å². The van der Waals surface area contributed by atoms with Gasteiger partial charge in [-0.05, 0) is 12.8 Å². The van der Waals surface area contributed by atoms with Gasteiger partial charge in [0.15, 0.2) is 0 Å². The molecular weight excluding hydrogens is 202 g/mol. The van der Waals surface area contributed by atoms with Crippen molar-refractivity contribution in [3.63, 3.8) is 0 Å². The minimum Gasteiger partial charge on any atom is -0.336 e. The van der Waals surface area contributed by atoms with Gasteiger partial charge >= 0.3 is 0 Å². The minimum atomic E-state index is 0.684. The SMILES string of the molecule is CCCc1nc2c(=S)[nH]cnc2s1. The van der Waals surface area contributed by atoms with Gasteiger partial charge in [0, 0.05) is 0 Å². The molecule has 0 saturated carbocycles. The van der Waals surface area contributed by atoms with E-state index in [1.165, 1.54) is 0 Å². The van der Waals surface area contributed by atoms with Crippen LogP contribution in [-0.2, 0) is 6.42 Å². The summed E-state index contributed by atoms with van der Waals surface area (Å²) in [4.78, 5) is 12.4. The first-order valence-corrected chi connectivity index (χ1v) is 5.37. The molecule has 0 aliphatic heterocycles. The lowest BCUT2D eigenvalue weighted by molar-refractivity contribution is 0.912. The predicted molar refractivity (Wildman–Crippen MR) is 56.6 cm³/mol. The summed E-state index contributed by atoms with van der Waals surface area (Å²) in [5, 5.41) is 1.12. The Kier molecular flexibility index (Phi) is 2.37. The van der Waals surface area contributed by atoms with Crippen LogP contribution in [0.1, 0.15) is 18.4 Å². The van der Waals surface area contributed by atoms with Crippen LogP contribution in [-0.4, -0.2) is 15.0 Å². The van der Waals surface area contributed by atoms with Crippen LogP contribution in [0.5, 0.6) is 0 Å². The number of nitrogens with one attached hydrogen (secondary N) is 1. The monoisotopic (exact) mass is 211 g/mol. The van der Waals surface area contributed by atoms with Crippen molar-refractivity contribution in [2.24, 2.45) is 0 Å². The van der Waals surface area contributed by atoms with Crippen LogP contribution >= 0.6 is 23.6 Å². The lowest BCUT2D eigenvalue weighted by Crippen LogP contribution is -1.81. The van der Waals surface area contributed by atoms with Crippen molar-refractivity contribution in [1.82, 2.24) is 15.0 Å². The Morgan fingerprint density at radius 1 is 1.62 bits per heavy atom. The van der Waals surface area contributed by atoms with Gasteiger partial charge in [0.1, 0.15) is 15.0 Å². The molecule has 0 atom stereocenters. The summed E-state index contributed by atoms with van der Waals surface area (Å²) >= 11 is 6.73. The molecular formula is C8H9N3S2. The van der Waals surface area contributed by atoms with Crippen molar-refractivity contribution in [2.45, 2.75) is 19.8 Å². The molecule has 0 aliphatic rings. The zero-order valence-corrected chi connectivity index (χ0v) is 8.84. The van der Waals surface area contributed by atoms with Crippen LogP contribution in [0, 0.1) is 4.64 Å². The van der Waals surface area contributed by atoms with E-state index in [-0.39, 0.29) is 0 Å². The van der Waals surface area contributed by atoms with Crippen LogP contribution in [0.4, 0.5) is 0 Å². The van der Waals surface area contributed by atoms with Crippen molar-refractivity contribution >= 4 is 33.9 Å². The molecule has 3 nitrogen and oxygen atoms in total. The minimum absolute atomic E-state index is 0.684. The summed E-state index contributed by atoms with van der Waals surface area (Å²) in [6.07, 6.45) is 3.74. The molecule has 2 rings (SSSR count). The second-order valence-electron chi connectivity index (χ2n) is 2.74. The summed E-state index contributed by atoms with van der Waals surface area (Å²) in [7, 11) is 0. The first-order valence-electron chi connectivity index (χ1n) is 4.14. The van der Waals surface area contributed by atoms with Gasteiger partial charge in [0.05, 0.1) is 11.3 Å². The Bertz CT molecular complexity index is 471. The van der Waals surface area contributed by atoms with Crippen molar-refractivity contribution in [1.29, 1.82) is 0 Å². The Morgan fingerprint density at radius 3 is 3.15 bits per heavy atom. The maximum atomic E-state index is 5.10. The highest BCUT2D eigenvalue weighted by molar-refractivity contribution is 7.71. The van der Waals surface area contributed by atoms with E-state index >= 15 is 0 Å². The third kappa shape index (κ3) is 1.62. The van der Waals surface area contributed by atoms with Crippen LogP contribution in [0.2, 0.25) is 0 Å². The molecule has 0 fully saturated rings. The van der Waals surface area contributed by atoms with Crippen LogP contribution < -0.4 is 0 Å². The quantitative estimate of drug-likeness (QED) is 0.776. The third-order valence-corrected chi connectivity index (χ3v) is 3.04. The maximum absolute atomic E-state index is 5.10. The second-order valence-corrected chi connectivity index (χ2v) is 4.21. The molecule has 0 amide bonds. The van der Waals surface area contributed by atoms with E-state index in [0.717, 1.165) is 28.2 Å². The molecule has 2 heterocycles. The largest absolute Gasteiger partial charge is 0.336 e. The molecule has 0 aromatic carbocycles. The molecule has 68 valence electrons. The number of fused-ring (bicyclic) bond motifs is 1. The highest BCUT2D eigenvalue weighted by atomic mass is 32.1. The van der Waals surface area contributed by atoms with Crippen LogP contribution in [0.25, 0.3) is 10.3 Å². The number of aromatic amines is 1. The van der Waals surface area contributed by atoms with E-state index in [9.17, 15) is 0 Å². The molecule has 0 aliphatic carbocycles. The molecule has 1 N–H and O–H groups in total. The van der Waals surface area contributed by atoms with E-state index in [1.54, 1.807) is 17.7 Å². The van der Waals surface area contributed by atoms with Gasteiger partial charge in [0.2, 0.25) is 0 Å². The number of hydrogen-bond acceptors (Lipinski definition) is 4. The first kappa shape index (κ1) is 8.77. The lowest BCUT2D eigenvalue weighted by Gasteiger charge is -1.85. The van der Waals surface area contributed by atoms with Gasteiger partial charge in [0.25, 0.3) is 0 Å². The van der Waals surface area contributed by atoms with Gasteiger partial charge < -0.3 is 4.98 Å². The van der Waals surface area contributed by atoms with Gasteiger partial charge in [-0.25, -0.2) is 9.97 Å². The fourth-order valence-electron chi connectivity index (χ4n) is 1.13. The number of nitrogens with zero attached hydrogens (tertiary/aromatic N) is 2. The van der Waals surface area contributed by atoms with E-state index < -0.39 is 0 Å². The molecule has 0 radical (unpaired) electrons. The Morgan fingerprint density at radius 2 is 2.46 bits per heavy atom. The number of aromatic nitrogens is 3. The van der Waals surface area contributed by atoms with E-state index in [2.05, 4.69) is 21.9 Å². The van der Waals surface area contributed by atoms with Crippen LogP contribution in [0.3, 0.4) is 0 Å². The van der Waals surface area contributed by atoms with Gasteiger partial charge in [-0.1, -0.05) is 30.5 Å². The third-order valence-electron chi connectivity index (χ3n) is 1.71. The second kappa shape index (κ2) is 3.51. The summed E-state index contributed by atoms with van der Waals surface area (Å²) in [5.41, 5.74) is 0.839. The first-order chi connectivity index (χ1) is 6.31. The number of H-pyrrole nitrogens is 1. The van der Waals surface area contributed by atoms with Crippen molar-refractivity contribution < 1.29 is 0 Å². The molecule has 2 aromatic heterocycles. The molecule has 0 spiro atoms. The smallest absolute Gasteiger partial charge is 0.148 e. The Hall–Kier alpha value is -0.810. The van der Waals surface area contributed by atoms with Crippen molar-refractivity contribution in [3.05, 3.63) is 16.0 Å². The highest BCUT2D eigenvalue weighted by Crippen LogP contribution is 2.20. The zero-order chi connectivity index (χ0) is 9.26. The standard InChI is InChI=1S/C8H9N3S2/c1-2-3-5-11-6-7(12)9-4-10-8(6)13-5/h4H,2-3H2,1H3,(H,9,10,12). The number of rotatable bonds is 2. The summed E-state index contributed by atoms with van der Waals surface area (Å²) in [6.45, 7) is 2.14. The summed E-state index contributed by atoms with van der Waals surface area (Å²) in [5.74, 6) is 0. The molecule has 0 unspecified atom stereocenters. The van der Waals surface area contributed by atoms with Crippen LogP contribution in [0.15, 0.2) is 6.33 Å². The summed E-state index contributed by atoms with van der Waals surface area (Å²) < 4.78 is 0.684. The number of hydrogen-bond donors (Lipinski definition) is 1. The van der Waals surface area contributed by atoms with Gasteiger partial charge in [-0.3, -0.25) is 0 Å². The lowest BCUT2D eigenvalue weighted by atomic mass is 10.4. The van der Waals surface area contributed by atoms with E-state index in [1.807, 2.05) is 0 Å². The number of thiazole rings is 1. The fourth-order valence-corrected chi connectivity index (χ4v) is 2.41. The Labute approximate surface area is 84.9 Å². The predicted octanol–water partition coefficient (Wildman–Crippen LogP) is 2.70. The molecule has 0 saturated heterocycles. The summed E-state index contributed by atoms with van der Waals surface area (Å²) in [6, 6.07) is 0. The average Bonchev–Trinajstić information content (AvgIpc) is 2.49. The highest BCUT2D eigenvalue weighted by Gasteiger charge is 2.04. The maximum Gasteiger partial charge on any atom is 0.148 e. The van der Waals surface area contributed by atoms with Gasteiger partial charge in [-0.2, -0.15) is 0 Å². The van der Waals surface area contributed by atoms with Crippen molar-refractivity contribution in [2.75, 3.05) is 0 Å². The fraction of sp³-hybridized carbons (Fsp3) is 0.375. The molecule has 2 aromatic rings. The van der Waals surface area contributed by atoms with Gasteiger partial charge in [-0.15, -0.1) is 0 Å². The molecule has 0 bridgehead atoms. The zero-order valence-electron chi connectivity index (χ0n) is 7.20. The average molecular weight is 211 g/mol. The normalized spacial score (nSPS) is 10.8. The Balaban J connectivity index is 2.62. The molecule has 5 heteroatoms. The van der Waals surface area contributed by atoms with E-state index in [0.29, 0.717) is 4.64 Å².